The maximum absolute atomic E-state index is 2.25. The van der Waals surface area contributed by atoms with E-state index in [1.54, 1.807) is 5.92 Å². The first-order chi connectivity index (χ1) is 3.43. The van der Waals surface area contributed by atoms with Crippen LogP contribution in [-0.4, -0.2) is 0 Å². The van der Waals surface area contributed by atoms with Crippen molar-refractivity contribution < 1.29 is 0 Å². The summed E-state index contributed by atoms with van der Waals surface area (Å²) < 4.78 is 0. The van der Waals surface area contributed by atoms with Crippen molar-refractivity contribution in [2.24, 2.45) is 0 Å². The van der Waals surface area contributed by atoms with E-state index >= 15 is 0 Å². The van der Waals surface area contributed by atoms with Gasteiger partial charge in [-0.2, -0.15) is 0 Å². The molecule has 0 saturated heterocycles. The summed E-state index contributed by atoms with van der Waals surface area (Å²) in [6, 6.07) is 0. The Morgan fingerprint density at radius 1 is 1.71 bits per heavy atom. The van der Waals surface area contributed by atoms with Gasteiger partial charge in [0.1, 0.15) is 0 Å². The molecule has 0 aromatic carbocycles. The lowest BCUT2D eigenvalue weighted by molar-refractivity contribution is 0.862. The van der Waals surface area contributed by atoms with Crippen molar-refractivity contribution >= 4 is 0 Å². The van der Waals surface area contributed by atoms with Gasteiger partial charge in [0.05, 0.1) is 0 Å². The van der Waals surface area contributed by atoms with E-state index in [0.29, 0.717) is 0 Å². The van der Waals surface area contributed by atoms with Crippen LogP contribution in [0.3, 0.4) is 0 Å². The molecule has 1 aliphatic rings. The van der Waals surface area contributed by atoms with Crippen LogP contribution in [-0.2, 0) is 0 Å². The standard InChI is InChI=1S/C7H11/c1-2-7-5-3-4-6-7/h3,5H,2,4,6H2,1H3. The third-order valence-electron chi connectivity index (χ3n) is 1.44. The molecule has 0 nitrogen and oxygen atoms in total. The van der Waals surface area contributed by atoms with E-state index < -0.39 is 0 Å². The van der Waals surface area contributed by atoms with E-state index in [0.717, 1.165) is 0 Å². The van der Waals surface area contributed by atoms with Crippen molar-refractivity contribution in [2.45, 2.75) is 26.2 Å². The van der Waals surface area contributed by atoms with Crippen LogP contribution in [0.4, 0.5) is 0 Å². The highest BCUT2D eigenvalue weighted by atomic mass is 14.1. The Bertz CT molecular complexity index is 72.1. The normalized spacial score (nSPS) is 21.3. The molecule has 0 aliphatic heterocycles. The number of hydrogen-bond donors (Lipinski definition) is 0. The minimum Gasteiger partial charge on any atom is -0.0879 e. The molecule has 1 rings (SSSR count). The molecule has 0 aromatic rings. The molecule has 0 spiro atoms. The third-order valence-corrected chi connectivity index (χ3v) is 1.44. The average molecular weight is 95.2 g/mol. The molecule has 7 heavy (non-hydrogen) atoms. The molecule has 0 amide bonds. The van der Waals surface area contributed by atoms with E-state index in [1.165, 1.54) is 19.3 Å². The van der Waals surface area contributed by atoms with Gasteiger partial charge in [0.15, 0.2) is 0 Å². The quantitative estimate of drug-likeness (QED) is 0.469. The molecule has 39 valence electrons. The Hall–Kier alpha value is -0.260. The first kappa shape index (κ1) is 4.89. The summed E-state index contributed by atoms with van der Waals surface area (Å²) in [5, 5.41) is 0. The smallest absolute Gasteiger partial charge is 0.00270 e. The van der Waals surface area contributed by atoms with Crippen LogP contribution in [0.2, 0.25) is 0 Å². The molecule has 0 heteroatoms. The molecule has 0 saturated carbocycles. The fourth-order valence-corrected chi connectivity index (χ4v) is 0.897. The van der Waals surface area contributed by atoms with Crippen LogP contribution in [0.25, 0.3) is 0 Å². The monoisotopic (exact) mass is 95.1 g/mol. The van der Waals surface area contributed by atoms with Gasteiger partial charge < -0.3 is 0 Å². The highest BCUT2D eigenvalue weighted by Gasteiger charge is 2.04. The van der Waals surface area contributed by atoms with Gasteiger partial charge >= 0.3 is 0 Å². The second-order valence-corrected chi connectivity index (χ2v) is 1.95. The topological polar surface area (TPSA) is 0 Å². The molecular formula is C7H11. The zero-order valence-corrected chi connectivity index (χ0v) is 4.78. The first-order valence-corrected chi connectivity index (χ1v) is 2.94. The van der Waals surface area contributed by atoms with Gasteiger partial charge in [-0.25, -0.2) is 0 Å². The molecule has 0 fully saturated rings. The van der Waals surface area contributed by atoms with Crippen LogP contribution < -0.4 is 0 Å². The summed E-state index contributed by atoms with van der Waals surface area (Å²) in [7, 11) is 0. The van der Waals surface area contributed by atoms with E-state index in [-0.39, 0.29) is 0 Å². The first-order valence-electron chi connectivity index (χ1n) is 2.94. The number of hydrogen-bond acceptors (Lipinski definition) is 0. The zero-order chi connectivity index (χ0) is 5.11. The van der Waals surface area contributed by atoms with Crippen LogP contribution in [0.15, 0.2) is 12.2 Å². The van der Waals surface area contributed by atoms with E-state index in [9.17, 15) is 0 Å². The maximum Gasteiger partial charge on any atom is -0.00270 e. The number of allylic oxidation sites excluding steroid dienone is 2. The second-order valence-electron chi connectivity index (χ2n) is 1.95. The summed E-state index contributed by atoms with van der Waals surface area (Å²) in [6.45, 7) is 2.21. The lowest BCUT2D eigenvalue weighted by atomic mass is 10.1. The predicted octanol–water partition coefficient (Wildman–Crippen LogP) is 2.32. The molecular weight excluding hydrogens is 84.1 g/mol. The van der Waals surface area contributed by atoms with Gasteiger partial charge in [-0.1, -0.05) is 19.1 Å². The maximum atomic E-state index is 2.25. The van der Waals surface area contributed by atoms with Gasteiger partial charge in [-0.15, -0.1) is 0 Å². The molecule has 0 aromatic heterocycles. The van der Waals surface area contributed by atoms with Crippen molar-refractivity contribution in [3.63, 3.8) is 0 Å². The SMILES string of the molecule is CC[C]1C=CCC1. The molecule has 0 heterocycles. The van der Waals surface area contributed by atoms with Crippen molar-refractivity contribution in [3.05, 3.63) is 18.1 Å². The highest BCUT2D eigenvalue weighted by molar-refractivity contribution is 5.15. The van der Waals surface area contributed by atoms with Crippen molar-refractivity contribution in [3.8, 4) is 0 Å². The summed E-state index contributed by atoms with van der Waals surface area (Å²) in [5.41, 5.74) is 0. The predicted molar refractivity (Wildman–Crippen MR) is 31.9 cm³/mol. The molecule has 1 aliphatic carbocycles. The van der Waals surface area contributed by atoms with Crippen molar-refractivity contribution in [1.82, 2.24) is 0 Å². The largest absolute Gasteiger partial charge is 0.0879 e. The molecule has 0 N–H and O–H groups in total. The lowest BCUT2D eigenvalue weighted by Gasteiger charge is -1.96. The molecule has 0 atom stereocenters. The Morgan fingerprint density at radius 3 is 2.86 bits per heavy atom. The third kappa shape index (κ3) is 1.05. The van der Waals surface area contributed by atoms with Gasteiger partial charge in [0.2, 0.25) is 0 Å². The minimum absolute atomic E-state index is 1.25. The van der Waals surface area contributed by atoms with Gasteiger partial charge in [0.25, 0.3) is 0 Å². The Labute approximate surface area is 45.2 Å². The van der Waals surface area contributed by atoms with Crippen LogP contribution in [0, 0.1) is 5.92 Å². The summed E-state index contributed by atoms with van der Waals surface area (Å²) in [4.78, 5) is 0. The van der Waals surface area contributed by atoms with Crippen LogP contribution >= 0.6 is 0 Å². The number of rotatable bonds is 1. The van der Waals surface area contributed by atoms with Crippen molar-refractivity contribution in [2.75, 3.05) is 0 Å². The molecule has 0 unspecified atom stereocenters. The fourth-order valence-electron chi connectivity index (χ4n) is 0.897. The van der Waals surface area contributed by atoms with E-state index in [4.69, 9.17) is 0 Å². The summed E-state index contributed by atoms with van der Waals surface area (Å²) >= 11 is 0. The zero-order valence-electron chi connectivity index (χ0n) is 4.78. The lowest BCUT2D eigenvalue weighted by Crippen LogP contribution is -1.81. The van der Waals surface area contributed by atoms with Gasteiger partial charge in [0, 0.05) is 0 Å². The summed E-state index contributed by atoms with van der Waals surface area (Å²) in [5.74, 6) is 1.61. The van der Waals surface area contributed by atoms with E-state index in [2.05, 4.69) is 19.1 Å². The summed E-state index contributed by atoms with van der Waals surface area (Å²) in [6.07, 6.45) is 8.34. The fraction of sp³-hybridized carbons (Fsp3) is 0.571. The molecule has 0 bridgehead atoms. The van der Waals surface area contributed by atoms with Gasteiger partial charge in [-0.3, -0.25) is 0 Å². The Balaban J connectivity index is 2.28. The van der Waals surface area contributed by atoms with Crippen molar-refractivity contribution in [1.29, 1.82) is 0 Å². The Morgan fingerprint density at radius 2 is 2.57 bits per heavy atom. The Kier molecular flexibility index (Phi) is 1.50. The van der Waals surface area contributed by atoms with E-state index in [1.807, 2.05) is 0 Å². The van der Waals surface area contributed by atoms with Gasteiger partial charge in [-0.05, 0) is 25.2 Å². The second kappa shape index (κ2) is 2.15. The van der Waals surface area contributed by atoms with Crippen LogP contribution in [0.1, 0.15) is 26.2 Å². The molecule has 1 radical (unpaired) electrons. The highest BCUT2D eigenvalue weighted by Crippen LogP contribution is 2.21. The average Bonchev–Trinajstić information content (AvgIpc) is 2.14. The van der Waals surface area contributed by atoms with Crippen LogP contribution in [0.5, 0.6) is 0 Å². The minimum atomic E-state index is 1.25.